The Labute approximate surface area is 274 Å². The van der Waals surface area contributed by atoms with Gasteiger partial charge in [0.15, 0.2) is 0 Å². The van der Waals surface area contributed by atoms with E-state index >= 15 is 0 Å². The van der Waals surface area contributed by atoms with Crippen LogP contribution in [-0.2, 0) is 9.53 Å². The van der Waals surface area contributed by atoms with Crippen LogP contribution in [0.25, 0.3) is 22.2 Å². The third-order valence-electron chi connectivity index (χ3n) is 9.56. The van der Waals surface area contributed by atoms with E-state index in [0.29, 0.717) is 52.3 Å². The molecule has 2 aromatic carbocycles. The number of amides is 1. The number of likely N-dealkylation sites (tertiary alicyclic amines) is 1. The predicted molar refractivity (Wildman–Crippen MR) is 183 cm³/mol. The summed E-state index contributed by atoms with van der Waals surface area (Å²) in [6.07, 6.45) is 9.29. The quantitative estimate of drug-likeness (QED) is 0.200. The molecule has 4 heterocycles. The summed E-state index contributed by atoms with van der Waals surface area (Å²) < 4.78 is 13.5. The minimum atomic E-state index is -0.300. The summed E-state index contributed by atoms with van der Waals surface area (Å²) in [6, 6.07) is 15.3. The minimum absolute atomic E-state index is 0.300. The summed E-state index contributed by atoms with van der Waals surface area (Å²) in [5.74, 6) is 1.23. The van der Waals surface area contributed by atoms with Gasteiger partial charge < -0.3 is 29.6 Å². The van der Waals surface area contributed by atoms with Crippen LogP contribution in [0.4, 0.5) is 23.0 Å². The Hall–Kier alpha value is -4.92. The van der Waals surface area contributed by atoms with E-state index in [9.17, 15) is 10.1 Å². The number of anilines is 4. The highest BCUT2D eigenvalue weighted by Gasteiger charge is 2.34. The van der Waals surface area contributed by atoms with Gasteiger partial charge in [-0.25, -0.2) is 9.97 Å². The Balaban J connectivity index is 1.17. The maximum atomic E-state index is 12.6. The lowest BCUT2D eigenvalue weighted by Crippen LogP contribution is -2.56. The zero-order valence-corrected chi connectivity index (χ0v) is 26.9. The Bertz CT molecular complexity index is 1840. The number of hydrogen-bond acceptors (Lipinski definition) is 9. The van der Waals surface area contributed by atoms with E-state index in [0.717, 1.165) is 80.6 Å². The molecule has 0 spiro atoms. The van der Waals surface area contributed by atoms with Crippen molar-refractivity contribution >= 4 is 39.8 Å². The van der Waals surface area contributed by atoms with Crippen LogP contribution in [0, 0.1) is 17.2 Å². The van der Waals surface area contributed by atoms with Gasteiger partial charge in [0, 0.05) is 80.0 Å². The van der Waals surface area contributed by atoms with E-state index in [1.54, 1.807) is 20.4 Å². The fraction of sp³-hybridized carbons (Fsp3) is 0.389. The number of carbonyl (C=O) groups excluding carboxylic acids is 1. The lowest BCUT2D eigenvalue weighted by molar-refractivity contribution is -0.111. The number of hydrogen-bond donors (Lipinski definition) is 2. The second-order valence-electron chi connectivity index (χ2n) is 12.6. The maximum absolute atomic E-state index is 12.6. The van der Waals surface area contributed by atoms with Crippen LogP contribution in [0.3, 0.4) is 0 Å². The molecule has 7 rings (SSSR count). The summed E-state index contributed by atoms with van der Waals surface area (Å²) in [7, 11) is 3.39. The molecular formula is C36H40N8O3. The summed E-state index contributed by atoms with van der Waals surface area (Å²) in [5, 5.41) is 17.4. The molecule has 1 saturated carbocycles. The Morgan fingerprint density at radius 3 is 2.60 bits per heavy atom. The third kappa shape index (κ3) is 6.14. The first-order chi connectivity index (χ1) is 23.0. The van der Waals surface area contributed by atoms with E-state index in [1.165, 1.54) is 6.08 Å². The van der Waals surface area contributed by atoms with Crippen LogP contribution in [-0.4, -0.2) is 78.4 Å². The fourth-order valence-electron chi connectivity index (χ4n) is 7.00. The number of nitrogens with one attached hydrogen (secondary N) is 2. The number of carbonyl (C=O) groups is 1. The molecule has 0 unspecified atom stereocenters. The summed E-state index contributed by atoms with van der Waals surface area (Å²) >= 11 is 0. The molecule has 1 aliphatic carbocycles. The first-order valence-corrected chi connectivity index (χ1v) is 16.3. The van der Waals surface area contributed by atoms with E-state index in [1.807, 2.05) is 24.3 Å². The van der Waals surface area contributed by atoms with Crippen LogP contribution in [0.15, 0.2) is 61.4 Å². The SMILES string of the molecule is C=CC(=O)Nc1cc(Nc2ncc(C#N)c(-c3cn(C4CC4)c4ccccc34)n2)c(OC)cc1N1CCC(N2CC(COC)C2)CC1. The van der Waals surface area contributed by atoms with Gasteiger partial charge in [0.25, 0.3) is 0 Å². The van der Waals surface area contributed by atoms with Gasteiger partial charge in [0.2, 0.25) is 11.9 Å². The van der Waals surface area contributed by atoms with Crippen molar-refractivity contribution in [2.75, 3.05) is 62.5 Å². The molecule has 0 atom stereocenters. The molecular weight excluding hydrogens is 592 g/mol. The smallest absolute Gasteiger partial charge is 0.247 e. The van der Waals surface area contributed by atoms with Crippen molar-refractivity contribution in [3.05, 3.63) is 67.0 Å². The molecule has 3 aliphatic rings. The number of fused-ring (bicyclic) bond motifs is 1. The molecule has 11 heteroatoms. The average molecular weight is 633 g/mol. The van der Waals surface area contributed by atoms with Crippen molar-refractivity contribution in [2.24, 2.45) is 5.92 Å². The Morgan fingerprint density at radius 2 is 1.89 bits per heavy atom. The number of para-hydroxylation sites is 1. The van der Waals surface area contributed by atoms with Crippen LogP contribution < -0.4 is 20.3 Å². The van der Waals surface area contributed by atoms with Crippen LogP contribution in [0.5, 0.6) is 5.75 Å². The van der Waals surface area contributed by atoms with Crippen molar-refractivity contribution in [1.29, 1.82) is 5.26 Å². The minimum Gasteiger partial charge on any atom is -0.494 e. The molecule has 242 valence electrons. The molecule has 2 saturated heterocycles. The van der Waals surface area contributed by atoms with Crippen LogP contribution in [0.1, 0.15) is 37.3 Å². The first-order valence-electron chi connectivity index (χ1n) is 16.3. The molecule has 3 fully saturated rings. The maximum Gasteiger partial charge on any atom is 0.247 e. The summed E-state index contributed by atoms with van der Waals surface area (Å²) in [5.41, 5.74) is 5.10. The average Bonchev–Trinajstić information content (AvgIpc) is 3.86. The number of aromatic nitrogens is 3. The molecule has 47 heavy (non-hydrogen) atoms. The molecule has 1 amide bonds. The second kappa shape index (κ2) is 13.1. The number of methoxy groups -OCH3 is 2. The standard InChI is InChI=1S/C36H40N8O3/c1-4-34(45)39-29-15-30(33(47-3)16-32(29)42-13-11-25(12-14-42)43-19-23(20-43)22-46-2)40-36-38-18-24(17-37)35(41-36)28-21-44(26-9-10-26)31-8-6-5-7-27(28)31/h4-8,15-16,18,21,23,25-26H,1,9-14,19-20,22H2,2-3H3,(H,39,45)(H,38,40,41). The van der Waals surface area contributed by atoms with Gasteiger partial charge in [-0.05, 0) is 43.9 Å². The van der Waals surface area contributed by atoms with Crippen molar-refractivity contribution < 1.29 is 14.3 Å². The van der Waals surface area contributed by atoms with Gasteiger partial charge in [-0.15, -0.1) is 0 Å². The lowest BCUT2D eigenvalue weighted by Gasteiger charge is -2.47. The van der Waals surface area contributed by atoms with E-state index in [2.05, 4.69) is 61.0 Å². The van der Waals surface area contributed by atoms with Crippen molar-refractivity contribution in [2.45, 2.75) is 37.8 Å². The monoisotopic (exact) mass is 632 g/mol. The fourth-order valence-corrected chi connectivity index (χ4v) is 7.00. The summed E-state index contributed by atoms with van der Waals surface area (Å²) in [6.45, 7) is 8.38. The van der Waals surface area contributed by atoms with Crippen molar-refractivity contribution in [3.63, 3.8) is 0 Å². The van der Waals surface area contributed by atoms with Gasteiger partial charge in [-0.3, -0.25) is 9.69 Å². The number of ether oxygens (including phenoxy) is 2. The van der Waals surface area contributed by atoms with Crippen LogP contribution in [0.2, 0.25) is 0 Å². The van der Waals surface area contributed by atoms with Gasteiger partial charge in [-0.2, -0.15) is 5.26 Å². The van der Waals surface area contributed by atoms with E-state index in [-0.39, 0.29) is 5.91 Å². The highest BCUT2D eigenvalue weighted by molar-refractivity contribution is 6.02. The third-order valence-corrected chi connectivity index (χ3v) is 9.56. The second-order valence-corrected chi connectivity index (χ2v) is 12.6. The highest BCUT2D eigenvalue weighted by Crippen LogP contribution is 2.43. The van der Waals surface area contributed by atoms with Crippen LogP contribution >= 0.6 is 0 Å². The number of nitrogens with zero attached hydrogens (tertiary/aromatic N) is 6. The molecule has 2 aliphatic heterocycles. The van der Waals surface area contributed by atoms with Gasteiger partial charge in [0.1, 0.15) is 11.8 Å². The topological polar surface area (TPSA) is 121 Å². The molecule has 4 aromatic rings. The summed E-state index contributed by atoms with van der Waals surface area (Å²) in [4.78, 5) is 26.8. The van der Waals surface area contributed by atoms with Gasteiger partial charge >= 0.3 is 0 Å². The first kappa shape index (κ1) is 30.7. The highest BCUT2D eigenvalue weighted by atomic mass is 16.5. The normalized spacial score (nSPS) is 17.3. The zero-order chi connectivity index (χ0) is 32.5. The zero-order valence-electron chi connectivity index (χ0n) is 26.9. The molecule has 2 N–H and O–H groups in total. The lowest BCUT2D eigenvalue weighted by atomic mass is 9.93. The van der Waals surface area contributed by atoms with Gasteiger partial charge in [-0.1, -0.05) is 24.8 Å². The molecule has 2 aromatic heterocycles. The largest absolute Gasteiger partial charge is 0.494 e. The van der Waals surface area contributed by atoms with E-state index in [4.69, 9.17) is 14.5 Å². The molecule has 0 bridgehead atoms. The molecule has 11 nitrogen and oxygen atoms in total. The Kier molecular flexibility index (Phi) is 8.54. The van der Waals surface area contributed by atoms with Gasteiger partial charge in [0.05, 0.1) is 48.2 Å². The van der Waals surface area contributed by atoms with E-state index < -0.39 is 0 Å². The predicted octanol–water partition coefficient (Wildman–Crippen LogP) is 5.73. The molecule has 0 radical (unpaired) electrons. The number of rotatable bonds is 11. The Morgan fingerprint density at radius 1 is 1.11 bits per heavy atom. The number of nitriles is 1. The number of piperidine rings is 1. The van der Waals surface area contributed by atoms with Crippen molar-refractivity contribution in [1.82, 2.24) is 19.4 Å². The number of benzene rings is 2. The van der Waals surface area contributed by atoms with Crippen molar-refractivity contribution in [3.8, 4) is 23.1 Å².